The van der Waals surface area contributed by atoms with Gasteiger partial charge in [-0.05, 0) is 31.2 Å². The Bertz CT molecular complexity index is 680. The van der Waals surface area contributed by atoms with Gasteiger partial charge in [-0.2, -0.15) is 5.26 Å². The van der Waals surface area contributed by atoms with E-state index < -0.39 is 0 Å². The molecule has 0 aliphatic carbocycles. The molecule has 108 valence electrons. The van der Waals surface area contributed by atoms with Crippen molar-refractivity contribution in [3.05, 3.63) is 52.5 Å². The second-order valence-electron chi connectivity index (χ2n) is 4.36. The zero-order chi connectivity index (χ0) is 15.2. The number of aromatic hydroxyl groups is 1. The largest absolute Gasteiger partial charge is 0.504 e. The lowest BCUT2D eigenvalue weighted by Gasteiger charge is -2.12. The number of hydrogen-bond acceptors (Lipinski definition) is 4. The lowest BCUT2D eigenvalue weighted by molar-refractivity contribution is 0.317. The number of halogens is 1. The number of nitriles is 1. The Balaban J connectivity index is 2.13. The fraction of sp³-hybridized carbons (Fsp3) is 0.188. The van der Waals surface area contributed by atoms with Crippen LogP contribution in [0.25, 0.3) is 0 Å². The zero-order valence-electron chi connectivity index (χ0n) is 11.6. The molecule has 0 aliphatic rings. The Hall–Kier alpha value is -2.38. The normalized spacial score (nSPS) is 9.95. The smallest absolute Gasteiger partial charge is 0.162 e. The second-order valence-corrected chi connectivity index (χ2v) is 4.76. The van der Waals surface area contributed by atoms with Crippen LogP contribution in [0.2, 0.25) is 5.02 Å². The number of phenolic OH excluding ortho intramolecular Hbond substituents is 1. The van der Waals surface area contributed by atoms with Gasteiger partial charge in [0.15, 0.2) is 11.5 Å². The van der Waals surface area contributed by atoms with Crippen LogP contribution in [-0.4, -0.2) is 11.7 Å². The van der Waals surface area contributed by atoms with Crippen LogP contribution in [0.4, 0.5) is 5.69 Å². The number of hydrogen-bond donors (Lipinski definition) is 2. The molecule has 0 fully saturated rings. The molecule has 0 unspecified atom stereocenters. The third kappa shape index (κ3) is 3.59. The summed E-state index contributed by atoms with van der Waals surface area (Å²) >= 11 is 6.09. The number of nitrogens with zero attached hydrogens (tertiary/aromatic N) is 1. The molecular weight excluding hydrogens is 288 g/mol. The van der Waals surface area contributed by atoms with Crippen molar-refractivity contribution in [2.24, 2.45) is 0 Å². The SMILES string of the molecule is CCOc1cccc(CNc2ccc(C#N)cc2Cl)c1O. The highest BCUT2D eigenvalue weighted by Gasteiger charge is 2.08. The highest BCUT2D eigenvalue weighted by atomic mass is 35.5. The first-order valence-electron chi connectivity index (χ1n) is 6.53. The molecule has 4 nitrogen and oxygen atoms in total. The summed E-state index contributed by atoms with van der Waals surface area (Å²) in [5.41, 5.74) is 1.92. The van der Waals surface area contributed by atoms with Gasteiger partial charge in [0, 0.05) is 12.1 Å². The van der Waals surface area contributed by atoms with Crippen molar-refractivity contribution in [2.75, 3.05) is 11.9 Å². The Morgan fingerprint density at radius 2 is 2.14 bits per heavy atom. The summed E-state index contributed by atoms with van der Waals surface area (Å²) in [5.74, 6) is 0.583. The van der Waals surface area contributed by atoms with E-state index in [4.69, 9.17) is 21.6 Å². The minimum absolute atomic E-state index is 0.122. The molecule has 2 aromatic carbocycles. The quantitative estimate of drug-likeness (QED) is 0.878. The van der Waals surface area contributed by atoms with Crippen molar-refractivity contribution in [1.29, 1.82) is 5.26 Å². The van der Waals surface area contributed by atoms with Crippen molar-refractivity contribution in [2.45, 2.75) is 13.5 Å². The zero-order valence-corrected chi connectivity index (χ0v) is 12.3. The van der Waals surface area contributed by atoms with Crippen molar-refractivity contribution in [3.63, 3.8) is 0 Å². The molecule has 2 rings (SSSR count). The van der Waals surface area contributed by atoms with E-state index in [-0.39, 0.29) is 5.75 Å². The van der Waals surface area contributed by atoms with Gasteiger partial charge in [-0.1, -0.05) is 23.7 Å². The Morgan fingerprint density at radius 1 is 1.33 bits per heavy atom. The van der Waals surface area contributed by atoms with Gasteiger partial charge in [0.2, 0.25) is 0 Å². The number of nitrogens with one attached hydrogen (secondary N) is 1. The molecule has 0 heterocycles. The summed E-state index contributed by atoms with van der Waals surface area (Å²) in [5, 5.41) is 22.5. The lowest BCUT2D eigenvalue weighted by atomic mass is 10.1. The molecule has 0 radical (unpaired) electrons. The molecule has 21 heavy (non-hydrogen) atoms. The predicted octanol–water partition coefficient (Wildman–Crippen LogP) is 3.93. The Kier molecular flexibility index (Phi) is 4.91. The van der Waals surface area contributed by atoms with E-state index in [0.29, 0.717) is 40.7 Å². The number of phenols is 1. The maximum Gasteiger partial charge on any atom is 0.162 e. The molecule has 2 aromatic rings. The average molecular weight is 303 g/mol. The summed E-state index contributed by atoms with van der Waals surface area (Å²) in [6, 6.07) is 12.4. The van der Waals surface area contributed by atoms with Crippen LogP contribution in [0.15, 0.2) is 36.4 Å². The number of ether oxygens (including phenoxy) is 1. The van der Waals surface area contributed by atoms with E-state index >= 15 is 0 Å². The summed E-state index contributed by atoms with van der Waals surface area (Å²) in [7, 11) is 0. The van der Waals surface area contributed by atoms with Crippen molar-refractivity contribution >= 4 is 17.3 Å². The second kappa shape index (κ2) is 6.87. The summed E-state index contributed by atoms with van der Waals surface area (Å²) in [4.78, 5) is 0. The highest BCUT2D eigenvalue weighted by molar-refractivity contribution is 6.33. The fourth-order valence-corrected chi connectivity index (χ4v) is 2.15. The average Bonchev–Trinajstić information content (AvgIpc) is 2.49. The van der Waals surface area contributed by atoms with Crippen LogP contribution >= 0.6 is 11.6 Å². The number of anilines is 1. The minimum Gasteiger partial charge on any atom is -0.504 e. The summed E-state index contributed by atoms with van der Waals surface area (Å²) < 4.78 is 5.34. The van der Waals surface area contributed by atoms with E-state index in [9.17, 15) is 5.11 Å². The van der Waals surface area contributed by atoms with Crippen LogP contribution in [0, 0.1) is 11.3 Å². The Labute approximate surface area is 128 Å². The van der Waals surface area contributed by atoms with Gasteiger partial charge in [0.25, 0.3) is 0 Å². The van der Waals surface area contributed by atoms with Crippen LogP contribution < -0.4 is 10.1 Å². The van der Waals surface area contributed by atoms with Crippen LogP contribution in [0.1, 0.15) is 18.1 Å². The van der Waals surface area contributed by atoms with Gasteiger partial charge >= 0.3 is 0 Å². The maximum absolute atomic E-state index is 10.1. The Morgan fingerprint density at radius 3 is 2.81 bits per heavy atom. The maximum atomic E-state index is 10.1. The molecule has 0 atom stereocenters. The first-order valence-corrected chi connectivity index (χ1v) is 6.90. The van der Waals surface area contributed by atoms with Crippen LogP contribution in [-0.2, 0) is 6.54 Å². The number of rotatable bonds is 5. The third-order valence-corrected chi connectivity index (χ3v) is 3.26. The van der Waals surface area contributed by atoms with Gasteiger partial charge in [-0.25, -0.2) is 0 Å². The molecule has 0 saturated heterocycles. The molecule has 0 aromatic heterocycles. The van der Waals surface area contributed by atoms with E-state index in [1.54, 1.807) is 24.3 Å². The molecule has 5 heteroatoms. The lowest BCUT2D eigenvalue weighted by Crippen LogP contribution is -2.01. The van der Waals surface area contributed by atoms with Gasteiger partial charge in [-0.3, -0.25) is 0 Å². The van der Waals surface area contributed by atoms with Gasteiger partial charge in [-0.15, -0.1) is 0 Å². The van der Waals surface area contributed by atoms with Crippen LogP contribution in [0.5, 0.6) is 11.5 Å². The van der Waals surface area contributed by atoms with E-state index in [1.807, 2.05) is 25.1 Å². The van der Waals surface area contributed by atoms with E-state index in [2.05, 4.69) is 5.32 Å². The number of benzene rings is 2. The van der Waals surface area contributed by atoms with Gasteiger partial charge in [0.1, 0.15) is 0 Å². The highest BCUT2D eigenvalue weighted by Crippen LogP contribution is 2.31. The molecule has 0 aliphatic heterocycles. The molecule has 0 saturated carbocycles. The topological polar surface area (TPSA) is 65.3 Å². The first kappa shape index (κ1) is 15.0. The van der Waals surface area contributed by atoms with Crippen molar-refractivity contribution in [1.82, 2.24) is 0 Å². The monoisotopic (exact) mass is 302 g/mol. The van der Waals surface area contributed by atoms with Crippen molar-refractivity contribution < 1.29 is 9.84 Å². The minimum atomic E-state index is 0.122. The van der Waals surface area contributed by atoms with Gasteiger partial charge in [0.05, 0.1) is 28.9 Å². The molecule has 2 N–H and O–H groups in total. The first-order chi connectivity index (χ1) is 10.2. The fourth-order valence-electron chi connectivity index (χ4n) is 1.90. The third-order valence-electron chi connectivity index (χ3n) is 2.95. The summed E-state index contributed by atoms with van der Waals surface area (Å²) in [6.07, 6.45) is 0. The predicted molar refractivity (Wildman–Crippen MR) is 82.8 cm³/mol. The van der Waals surface area contributed by atoms with Gasteiger partial charge < -0.3 is 15.2 Å². The molecular formula is C16H15ClN2O2. The van der Waals surface area contributed by atoms with E-state index in [1.165, 1.54) is 0 Å². The molecule has 0 amide bonds. The van der Waals surface area contributed by atoms with E-state index in [0.717, 1.165) is 0 Å². The standard InChI is InChI=1S/C16H15ClN2O2/c1-2-21-15-5-3-4-12(16(15)20)10-19-14-7-6-11(9-18)8-13(14)17/h3-8,19-20H,2,10H2,1H3. The van der Waals surface area contributed by atoms with Crippen molar-refractivity contribution in [3.8, 4) is 17.6 Å². The number of para-hydroxylation sites is 1. The molecule has 0 bridgehead atoms. The van der Waals surface area contributed by atoms with Crippen LogP contribution in [0.3, 0.4) is 0 Å². The molecule has 0 spiro atoms. The summed E-state index contributed by atoms with van der Waals surface area (Å²) in [6.45, 7) is 2.76.